The van der Waals surface area contributed by atoms with E-state index in [2.05, 4.69) is 9.97 Å². The van der Waals surface area contributed by atoms with Gasteiger partial charge in [-0.15, -0.1) is 0 Å². The maximum absolute atomic E-state index is 12.5. The first kappa shape index (κ1) is 17.8. The number of methoxy groups -OCH3 is 1. The van der Waals surface area contributed by atoms with Crippen LogP contribution in [0.25, 0.3) is 0 Å². The Balaban J connectivity index is 1.52. The maximum atomic E-state index is 12.5. The van der Waals surface area contributed by atoms with E-state index in [1.807, 2.05) is 9.80 Å². The maximum Gasteiger partial charge on any atom is 0.223 e. The molecule has 0 aromatic carbocycles. The number of amides is 2. The van der Waals surface area contributed by atoms with Crippen molar-refractivity contribution >= 4 is 11.8 Å². The van der Waals surface area contributed by atoms with Crippen LogP contribution in [0.2, 0.25) is 0 Å². The molecule has 0 saturated carbocycles. The van der Waals surface area contributed by atoms with Crippen LogP contribution >= 0.6 is 0 Å². The minimum absolute atomic E-state index is 0.0698. The van der Waals surface area contributed by atoms with Gasteiger partial charge in [-0.1, -0.05) is 0 Å². The second kappa shape index (κ2) is 7.91. The fraction of sp³-hybridized carbons (Fsp3) is 0.667. The van der Waals surface area contributed by atoms with Gasteiger partial charge >= 0.3 is 0 Å². The van der Waals surface area contributed by atoms with E-state index in [4.69, 9.17) is 4.74 Å². The van der Waals surface area contributed by atoms with Crippen LogP contribution < -0.4 is 0 Å². The molecule has 2 aliphatic heterocycles. The first-order chi connectivity index (χ1) is 12.1. The molecule has 0 unspecified atom stereocenters. The van der Waals surface area contributed by atoms with Gasteiger partial charge in [-0.3, -0.25) is 9.59 Å². The van der Waals surface area contributed by atoms with E-state index < -0.39 is 0 Å². The van der Waals surface area contributed by atoms with Gasteiger partial charge < -0.3 is 14.5 Å². The van der Waals surface area contributed by atoms with Crippen LogP contribution in [0.15, 0.2) is 18.7 Å². The van der Waals surface area contributed by atoms with E-state index in [1.54, 1.807) is 19.5 Å². The molecule has 0 bridgehead atoms. The van der Waals surface area contributed by atoms with Crippen LogP contribution in [0.1, 0.15) is 37.7 Å². The molecule has 2 amide bonds. The minimum Gasteiger partial charge on any atom is -0.383 e. The highest BCUT2D eigenvalue weighted by Crippen LogP contribution is 2.39. The van der Waals surface area contributed by atoms with Gasteiger partial charge in [0.25, 0.3) is 0 Å². The Morgan fingerprint density at radius 1 is 1.24 bits per heavy atom. The first-order valence-corrected chi connectivity index (χ1v) is 8.96. The third-order valence-corrected chi connectivity index (χ3v) is 5.49. The number of piperidine rings is 1. The van der Waals surface area contributed by atoms with Crippen LogP contribution in [0.3, 0.4) is 0 Å². The quantitative estimate of drug-likeness (QED) is 0.769. The second-order valence-corrected chi connectivity index (χ2v) is 6.89. The molecule has 2 fully saturated rings. The lowest BCUT2D eigenvalue weighted by atomic mass is 9.84. The van der Waals surface area contributed by atoms with Gasteiger partial charge in [-0.05, 0) is 31.2 Å². The number of carbonyl (C=O) groups is 2. The van der Waals surface area contributed by atoms with Crippen molar-refractivity contribution in [2.45, 2.75) is 44.1 Å². The molecule has 0 atom stereocenters. The summed E-state index contributed by atoms with van der Waals surface area (Å²) in [7, 11) is 1.66. The SMILES string of the molecule is COCCN1C(=O)CCC12CCN(C(=O)CCc1cncnc1)CC2. The Morgan fingerprint density at radius 2 is 1.96 bits per heavy atom. The highest BCUT2D eigenvalue weighted by atomic mass is 16.5. The van der Waals surface area contributed by atoms with Crippen molar-refractivity contribution in [2.24, 2.45) is 0 Å². The summed E-state index contributed by atoms with van der Waals surface area (Å²) in [6.07, 6.45) is 9.39. The second-order valence-electron chi connectivity index (χ2n) is 6.89. The summed E-state index contributed by atoms with van der Waals surface area (Å²) in [6.45, 7) is 2.66. The zero-order valence-corrected chi connectivity index (χ0v) is 14.8. The molecule has 7 heteroatoms. The fourth-order valence-corrected chi connectivity index (χ4v) is 3.98. The lowest BCUT2D eigenvalue weighted by Crippen LogP contribution is -2.54. The van der Waals surface area contributed by atoms with Crippen molar-refractivity contribution in [3.05, 3.63) is 24.3 Å². The largest absolute Gasteiger partial charge is 0.383 e. The number of ether oxygens (including phenoxy) is 1. The summed E-state index contributed by atoms with van der Waals surface area (Å²) in [5.74, 6) is 0.396. The minimum atomic E-state index is -0.0698. The number of hydrogen-bond donors (Lipinski definition) is 0. The number of aryl methyl sites for hydroxylation is 1. The van der Waals surface area contributed by atoms with Crippen molar-refractivity contribution in [3.63, 3.8) is 0 Å². The molecule has 3 heterocycles. The standard InChI is InChI=1S/C18H26N4O3/c1-25-11-10-22-17(24)4-5-18(22)6-8-21(9-7-18)16(23)3-2-15-12-19-14-20-13-15/h12-14H,2-11H2,1H3. The lowest BCUT2D eigenvalue weighted by Gasteiger charge is -2.45. The average molecular weight is 346 g/mol. The number of aromatic nitrogens is 2. The number of nitrogens with zero attached hydrogens (tertiary/aromatic N) is 4. The van der Waals surface area contributed by atoms with Crippen molar-refractivity contribution in [3.8, 4) is 0 Å². The predicted octanol–water partition coefficient (Wildman–Crippen LogP) is 1.04. The molecule has 0 N–H and O–H groups in total. The Labute approximate surface area is 148 Å². The highest BCUT2D eigenvalue weighted by Gasteiger charge is 2.46. The average Bonchev–Trinajstić information content (AvgIpc) is 2.95. The molecule has 7 nitrogen and oxygen atoms in total. The van der Waals surface area contributed by atoms with Crippen LogP contribution in [0.5, 0.6) is 0 Å². The van der Waals surface area contributed by atoms with E-state index in [9.17, 15) is 9.59 Å². The third kappa shape index (κ3) is 3.98. The molecule has 1 spiro atoms. The molecule has 25 heavy (non-hydrogen) atoms. The fourth-order valence-electron chi connectivity index (χ4n) is 3.98. The van der Waals surface area contributed by atoms with Crippen molar-refractivity contribution in [1.29, 1.82) is 0 Å². The Bertz CT molecular complexity index is 600. The molecule has 2 saturated heterocycles. The molecule has 0 aliphatic carbocycles. The third-order valence-electron chi connectivity index (χ3n) is 5.49. The first-order valence-electron chi connectivity index (χ1n) is 8.96. The normalized spacial score (nSPS) is 19.6. The van der Waals surface area contributed by atoms with Gasteiger partial charge in [0.15, 0.2) is 0 Å². The van der Waals surface area contributed by atoms with Crippen LogP contribution in [0.4, 0.5) is 0 Å². The molecule has 1 aromatic rings. The van der Waals surface area contributed by atoms with Crippen LogP contribution in [0, 0.1) is 0 Å². The number of likely N-dealkylation sites (tertiary alicyclic amines) is 2. The van der Waals surface area contributed by atoms with Gasteiger partial charge in [0.2, 0.25) is 11.8 Å². The molecule has 2 aliphatic rings. The van der Waals surface area contributed by atoms with Gasteiger partial charge in [-0.25, -0.2) is 9.97 Å². The highest BCUT2D eigenvalue weighted by molar-refractivity contribution is 5.80. The number of rotatable bonds is 6. The summed E-state index contributed by atoms with van der Waals surface area (Å²) >= 11 is 0. The summed E-state index contributed by atoms with van der Waals surface area (Å²) in [5, 5.41) is 0. The number of hydrogen-bond acceptors (Lipinski definition) is 5. The number of carbonyl (C=O) groups excluding carboxylic acids is 2. The van der Waals surface area contributed by atoms with Gasteiger partial charge in [0.1, 0.15) is 6.33 Å². The summed E-state index contributed by atoms with van der Waals surface area (Å²) in [5.41, 5.74) is 0.913. The molecular formula is C18H26N4O3. The van der Waals surface area contributed by atoms with Crippen LogP contribution in [-0.4, -0.2) is 70.5 Å². The molecule has 1 aromatic heterocycles. The summed E-state index contributed by atoms with van der Waals surface area (Å²) in [4.78, 5) is 36.6. The topological polar surface area (TPSA) is 75.6 Å². The van der Waals surface area contributed by atoms with Crippen LogP contribution in [-0.2, 0) is 20.7 Å². The van der Waals surface area contributed by atoms with E-state index in [0.717, 1.165) is 37.9 Å². The van der Waals surface area contributed by atoms with Crippen molar-refractivity contribution in [1.82, 2.24) is 19.8 Å². The summed E-state index contributed by atoms with van der Waals surface area (Å²) < 4.78 is 5.15. The van der Waals surface area contributed by atoms with E-state index in [1.165, 1.54) is 6.33 Å². The van der Waals surface area contributed by atoms with E-state index in [-0.39, 0.29) is 17.4 Å². The molecular weight excluding hydrogens is 320 g/mol. The zero-order valence-electron chi connectivity index (χ0n) is 14.8. The van der Waals surface area contributed by atoms with Gasteiger partial charge in [-0.2, -0.15) is 0 Å². The smallest absolute Gasteiger partial charge is 0.223 e. The van der Waals surface area contributed by atoms with Gasteiger partial charge in [0.05, 0.1) is 6.61 Å². The molecule has 136 valence electrons. The Morgan fingerprint density at radius 3 is 2.64 bits per heavy atom. The zero-order chi connectivity index (χ0) is 17.7. The monoisotopic (exact) mass is 346 g/mol. The van der Waals surface area contributed by atoms with Crippen molar-refractivity contribution < 1.29 is 14.3 Å². The van der Waals surface area contributed by atoms with Gasteiger partial charge in [0, 0.05) is 57.5 Å². The van der Waals surface area contributed by atoms with E-state index >= 15 is 0 Å². The van der Waals surface area contributed by atoms with Crippen molar-refractivity contribution in [2.75, 3.05) is 33.4 Å². The predicted molar refractivity (Wildman–Crippen MR) is 91.7 cm³/mol. The lowest BCUT2D eigenvalue weighted by molar-refractivity contribution is -0.137. The van der Waals surface area contributed by atoms with E-state index in [0.29, 0.717) is 32.4 Å². The Kier molecular flexibility index (Phi) is 5.63. The molecule has 0 radical (unpaired) electrons. The summed E-state index contributed by atoms with van der Waals surface area (Å²) in [6, 6.07) is 0. The molecule has 3 rings (SSSR count). The Hall–Kier alpha value is -2.02.